The Kier molecular flexibility index (Phi) is 3.11. The summed E-state index contributed by atoms with van der Waals surface area (Å²) in [6.07, 6.45) is 6.78. The molecule has 2 aliphatic carbocycles. The molecule has 0 nitrogen and oxygen atoms in total. The highest BCUT2D eigenvalue weighted by Crippen LogP contribution is 2.43. The van der Waals surface area contributed by atoms with E-state index < -0.39 is 0 Å². The Morgan fingerprint density at radius 3 is 2.67 bits per heavy atom. The largest absolute Gasteiger partial charge is 0.0683 e. The lowest BCUT2D eigenvalue weighted by atomic mass is 9.73. The Hall–Kier alpha value is -1.30. The quantitative estimate of drug-likeness (QED) is 0.589. The van der Waals surface area contributed by atoms with E-state index in [9.17, 15) is 0 Å². The highest BCUT2D eigenvalue weighted by Gasteiger charge is 2.26. The molecule has 94 valence electrons. The minimum Gasteiger partial charge on any atom is -0.0683 e. The van der Waals surface area contributed by atoms with E-state index in [-0.39, 0.29) is 0 Å². The molecule has 4 rings (SSSR count). The Labute approximate surface area is 110 Å². The summed E-state index contributed by atoms with van der Waals surface area (Å²) in [6, 6.07) is 11.5. The highest BCUT2D eigenvalue weighted by atomic mass is 14.3. The van der Waals surface area contributed by atoms with Gasteiger partial charge in [0.1, 0.15) is 0 Å². The van der Waals surface area contributed by atoms with E-state index in [0.29, 0.717) is 0 Å². The summed E-state index contributed by atoms with van der Waals surface area (Å²) in [7, 11) is 0. The fourth-order valence-corrected chi connectivity index (χ4v) is 3.72. The van der Waals surface area contributed by atoms with Crippen molar-refractivity contribution in [3.8, 4) is 0 Å². The molecule has 0 bridgehead atoms. The first kappa shape index (κ1) is 11.8. The Balaban J connectivity index is 0.000000478. The van der Waals surface area contributed by atoms with Crippen LogP contribution < -0.4 is 0 Å². The van der Waals surface area contributed by atoms with Gasteiger partial charge in [-0.15, -0.1) is 0 Å². The molecule has 0 aliphatic heterocycles. The van der Waals surface area contributed by atoms with Crippen molar-refractivity contribution in [1.82, 2.24) is 0 Å². The van der Waals surface area contributed by atoms with Gasteiger partial charge in [-0.2, -0.15) is 0 Å². The van der Waals surface area contributed by atoms with Crippen LogP contribution in [0.5, 0.6) is 0 Å². The van der Waals surface area contributed by atoms with Crippen molar-refractivity contribution < 1.29 is 0 Å². The molecule has 18 heavy (non-hydrogen) atoms. The third kappa shape index (κ3) is 1.67. The van der Waals surface area contributed by atoms with Crippen LogP contribution in [0, 0.1) is 0 Å². The third-order valence-corrected chi connectivity index (χ3v) is 4.43. The van der Waals surface area contributed by atoms with E-state index in [1.54, 1.807) is 22.1 Å². The molecule has 0 spiro atoms. The average Bonchev–Trinajstić information content (AvgIpc) is 2.47. The molecule has 0 saturated heterocycles. The van der Waals surface area contributed by atoms with Crippen LogP contribution in [0.1, 0.15) is 55.7 Å². The van der Waals surface area contributed by atoms with Crippen molar-refractivity contribution in [2.24, 2.45) is 0 Å². The molecule has 0 heteroatoms. The van der Waals surface area contributed by atoms with E-state index in [1.165, 1.54) is 37.5 Å². The maximum atomic E-state index is 2.37. The Morgan fingerprint density at radius 2 is 1.78 bits per heavy atom. The monoisotopic (exact) mass is 238 g/mol. The van der Waals surface area contributed by atoms with Crippen LogP contribution in [0.25, 0.3) is 10.8 Å². The summed E-state index contributed by atoms with van der Waals surface area (Å²) in [4.78, 5) is 0. The normalized spacial score (nSPS) is 20.2. The lowest BCUT2D eigenvalue weighted by molar-refractivity contribution is 0.516. The zero-order chi connectivity index (χ0) is 12.5. The van der Waals surface area contributed by atoms with Gasteiger partial charge in [-0.3, -0.25) is 0 Å². The molecule has 2 aliphatic rings. The van der Waals surface area contributed by atoms with Crippen molar-refractivity contribution in [3.63, 3.8) is 0 Å². The van der Waals surface area contributed by atoms with E-state index >= 15 is 0 Å². The predicted molar refractivity (Wildman–Crippen MR) is 79.3 cm³/mol. The molecule has 0 N–H and O–H groups in total. The summed E-state index contributed by atoms with van der Waals surface area (Å²) in [6.45, 7) is 4.00. The highest BCUT2D eigenvalue weighted by molar-refractivity contribution is 5.91. The molecule has 2 aromatic rings. The topological polar surface area (TPSA) is 0 Å². The van der Waals surface area contributed by atoms with Crippen molar-refractivity contribution >= 4 is 10.8 Å². The van der Waals surface area contributed by atoms with Crippen LogP contribution in [0.15, 0.2) is 30.3 Å². The van der Waals surface area contributed by atoms with E-state index in [1.807, 2.05) is 13.8 Å². The molecule has 0 aromatic heterocycles. The molecular formula is C18H22. The van der Waals surface area contributed by atoms with Crippen molar-refractivity contribution in [2.45, 2.75) is 51.9 Å². The van der Waals surface area contributed by atoms with Gasteiger partial charge >= 0.3 is 0 Å². The standard InChI is InChI=1S/C16H16.C2H6/c1-3-11-7-9-13-5-2-6-14-10-8-12(4-1)15(11)16(13)14;1-2/h1,3-4,7,9,14H,2,5-6,8,10H2;1-2H3. The van der Waals surface area contributed by atoms with E-state index in [4.69, 9.17) is 0 Å². The van der Waals surface area contributed by atoms with Gasteiger partial charge in [0, 0.05) is 0 Å². The SMILES string of the molecule is CC.c1cc2c3c4c(ccc3c1)CCCC4CC2. The van der Waals surface area contributed by atoms with E-state index in [0.717, 1.165) is 5.92 Å². The van der Waals surface area contributed by atoms with Crippen molar-refractivity contribution in [3.05, 3.63) is 47.0 Å². The molecule has 0 heterocycles. The van der Waals surface area contributed by atoms with Gasteiger partial charge in [-0.25, -0.2) is 0 Å². The van der Waals surface area contributed by atoms with Gasteiger partial charge in [-0.1, -0.05) is 44.2 Å². The van der Waals surface area contributed by atoms with E-state index in [2.05, 4.69) is 30.3 Å². The van der Waals surface area contributed by atoms with Gasteiger partial charge in [0.15, 0.2) is 0 Å². The molecule has 0 saturated carbocycles. The maximum absolute atomic E-state index is 2.37. The second-order valence-corrected chi connectivity index (χ2v) is 5.28. The summed E-state index contributed by atoms with van der Waals surface area (Å²) >= 11 is 0. The molecule has 2 aromatic carbocycles. The van der Waals surface area contributed by atoms with Crippen LogP contribution >= 0.6 is 0 Å². The first-order valence-electron chi connectivity index (χ1n) is 7.47. The number of benzene rings is 2. The maximum Gasteiger partial charge on any atom is -0.0114 e. The summed E-state index contributed by atoms with van der Waals surface area (Å²) < 4.78 is 0. The Morgan fingerprint density at radius 1 is 0.889 bits per heavy atom. The molecule has 1 atom stereocenters. The Bertz CT molecular complexity index is 566. The smallest absolute Gasteiger partial charge is 0.0114 e. The molecule has 0 fully saturated rings. The molecular weight excluding hydrogens is 216 g/mol. The lowest BCUT2D eigenvalue weighted by Gasteiger charge is -2.31. The number of aryl methyl sites for hydroxylation is 2. The zero-order valence-corrected chi connectivity index (χ0v) is 11.5. The number of rotatable bonds is 0. The first-order valence-corrected chi connectivity index (χ1v) is 7.47. The van der Waals surface area contributed by atoms with Gasteiger partial charge in [0.2, 0.25) is 0 Å². The van der Waals surface area contributed by atoms with Crippen LogP contribution in [0.3, 0.4) is 0 Å². The summed E-state index contributed by atoms with van der Waals surface area (Å²) in [5.74, 6) is 0.863. The summed E-state index contributed by atoms with van der Waals surface area (Å²) in [5.41, 5.74) is 4.94. The second kappa shape index (κ2) is 4.76. The first-order chi connectivity index (χ1) is 8.93. The third-order valence-electron chi connectivity index (χ3n) is 4.43. The van der Waals surface area contributed by atoms with Gasteiger partial charge < -0.3 is 0 Å². The van der Waals surface area contributed by atoms with Gasteiger partial charge in [0.05, 0.1) is 0 Å². The van der Waals surface area contributed by atoms with Crippen molar-refractivity contribution in [2.75, 3.05) is 0 Å². The van der Waals surface area contributed by atoms with Crippen LogP contribution in [0.4, 0.5) is 0 Å². The van der Waals surface area contributed by atoms with Crippen LogP contribution in [-0.2, 0) is 12.8 Å². The number of hydrogen-bond acceptors (Lipinski definition) is 0. The van der Waals surface area contributed by atoms with Crippen LogP contribution in [0.2, 0.25) is 0 Å². The average molecular weight is 238 g/mol. The fourth-order valence-electron chi connectivity index (χ4n) is 3.72. The number of hydrogen-bond donors (Lipinski definition) is 0. The van der Waals surface area contributed by atoms with Gasteiger partial charge in [0.25, 0.3) is 0 Å². The summed E-state index contributed by atoms with van der Waals surface area (Å²) in [5, 5.41) is 3.07. The second-order valence-electron chi connectivity index (χ2n) is 5.28. The molecule has 1 unspecified atom stereocenters. The van der Waals surface area contributed by atoms with Crippen LogP contribution in [-0.4, -0.2) is 0 Å². The predicted octanol–water partition coefficient (Wildman–Crippen LogP) is 5.23. The molecule has 0 amide bonds. The van der Waals surface area contributed by atoms with Crippen molar-refractivity contribution in [1.29, 1.82) is 0 Å². The minimum absolute atomic E-state index is 0.863. The minimum atomic E-state index is 0.863. The fraction of sp³-hybridized carbons (Fsp3) is 0.444. The van der Waals surface area contributed by atoms with Gasteiger partial charge in [-0.05, 0) is 65.5 Å². The lowest BCUT2D eigenvalue weighted by Crippen LogP contribution is -2.15. The molecule has 0 radical (unpaired) electrons. The zero-order valence-electron chi connectivity index (χ0n) is 11.5.